The predicted octanol–water partition coefficient (Wildman–Crippen LogP) is 4.68. The van der Waals surface area contributed by atoms with Crippen LogP contribution in [0.1, 0.15) is 24.4 Å². The first kappa shape index (κ1) is 14.5. The van der Waals surface area contributed by atoms with Gasteiger partial charge in [-0.1, -0.05) is 6.07 Å². The molecule has 1 aromatic carbocycles. The van der Waals surface area contributed by atoms with Crippen molar-refractivity contribution in [1.29, 1.82) is 0 Å². The molecule has 1 unspecified atom stereocenters. The van der Waals surface area contributed by atoms with Gasteiger partial charge in [-0.05, 0) is 40.5 Å². The van der Waals surface area contributed by atoms with Crippen LogP contribution in [0.25, 0.3) is 11.0 Å². The maximum atomic E-state index is 13.9. The fourth-order valence-corrected chi connectivity index (χ4v) is 2.96. The first-order valence-electron chi connectivity index (χ1n) is 6.43. The van der Waals surface area contributed by atoms with Crippen LogP contribution in [0.3, 0.4) is 0 Å². The molecule has 108 valence electrons. The van der Waals surface area contributed by atoms with Gasteiger partial charge in [0.05, 0.1) is 27.4 Å². The summed E-state index contributed by atoms with van der Waals surface area (Å²) in [5, 5.41) is 0. The highest BCUT2D eigenvalue weighted by Gasteiger charge is 2.18. The van der Waals surface area contributed by atoms with Crippen molar-refractivity contribution in [3.05, 3.63) is 58.3 Å². The molecule has 0 aliphatic rings. The molecule has 0 aliphatic heterocycles. The molecule has 6 heteroatoms. The van der Waals surface area contributed by atoms with E-state index in [4.69, 9.17) is 11.6 Å². The number of rotatable bonds is 3. The minimum Gasteiger partial charge on any atom is -0.319 e. The number of fused-ring (bicyclic) bond motifs is 1. The zero-order valence-electron chi connectivity index (χ0n) is 11.2. The van der Waals surface area contributed by atoms with E-state index in [0.29, 0.717) is 10.3 Å². The summed E-state index contributed by atoms with van der Waals surface area (Å²) in [5.74, 6) is 0.655. The molecule has 0 N–H and O–H groups in total. The smallest absolute Gasteiger partial charge is 0.139 e. The molecule has 0 spiro atoms. The fraction of sp³-hybridized carbons (Fsp3) is 0.200. The third-order valence-corrected chi connectivity index (χ3v) is 4.32. The molecular weight excluding hydrogens is 357 g/mol. The van der Waals surface area contributed by atoms with E-state index < -0.39 is 0 Å². The number of aromatic nitrogens is 3. The summed E-state index contributed by atoms with van der Waals surface area (Å²) in [6.07, 6.45) is 3.52. The van der Waals surface area contributed by atoms with E-state index in [0.717, 1.165) is 16.6 Å². The van der Waals surface area contributed by atoms with E-state index in [1.165, 1.54) is 6.07 Å². The summed E-state index contributed by atoms with van der Waals surface area (Å²) in [6, 6.07) is 6.99. The second-order valence-electron chi connectivity index (χ2n) is 4.75. The number of hydrogen-bond donors (Lipinski definition) is 0. The Morgan fingerprint density at radius 3 is 2.90 bits per heavy atom. The molecule has 0 saturated heterocycles. The molecule has 0 amide bonds. The summed E-state index contributed by atoms with van der Waals surface area (Å²) in [5.41, 5.74) is 2.46. The average Bonchev–Trinajstić information content (AvgIpc) is 2.85. The molecule has 21 heavy (non-hydrogen) atoms. The topological polar surface area (TPSA) is 30.7 Å². The van der Waals surface area contributed by atoms with Crippen molar-refractivity contribution in [2.75, 3.05) is 0 Å². The van der Waals surface area contributed by atoms with E-state index in [1.807, 2.05) is 23.6 Å². The van der Waals surface area contributed by atoms with Gasteiger partial charge in [0.15, 0.2) is 0 Å². The number of hydrogen-bond acceptors (Lipinski definition) is 2. The predicted molar refractivity (Wildman–Crippen MR) is 85.0 cm³/mol. The minimum absolute atomic E-state index is 0.0296. The van der Waals surface area contributed by atoms with E-state index >= 15 is 0 Å². The minimum atomic E-state index is -0.317. The van der Waals surface area contributed by atoms with Crippen LogP contribution in [0, 0.1) is 5.82 Å². The summed E-state index contributed by atoms with van der Waals surface area (Å²) < 4.78 is 16.2. The lowest BCUT2D eigenvalue weighted by molar-refractivity contribution is 0.613. The fourth-order valence-electron chi connectivity index (χ4n) is 2.44. The quantitative estimate of drug-likeness (QED) is 0.628. The number of imidazole rings is 1. The van der Waals surface area contributed by atoms with Crippen LogP contribution in [-0.4, -0.2) is 14.5 Å². The summed E-state index contributed by atoms with van der Waals surface area (Å²) in [6.45, 7) is 2.02. The third kappa shape index (κ3) is 2.56. The van der Waals surface area contributed by atoms with Crippen molar-refractivity contribution in [3.63, 3.8) is 0 Å². The van der Waals surface area contributed by atoms with Crippen molar-refractivity contribution in [2.45, 2.75) is 18.8 Å². The molecule has 0 fully saturated rings. The second-order valence-corrected chi connectivity index (χ2v) is 5.87. The highest BCUT2D eigenvalue weighted by molar-refractivity contribution is 9.10. The molecule has 0 aliphatic carbocycles. The van der Waals surface area contributed by atoms with Crippen LogP contribution in [0.5, 0.6) is 0 Å². The van der Waals surface area contributed by atoms with Gasteiger partial charge < -0.3 is 4.57 Å². The van der Waals surface area contributed by atoms with Gasteiger partial charge in [0.2, 0.25) is 0 Å². The SMILES string of the molecule is CC(c1cccnc1)n1c(CCl)nc2cc(Br)c(F)cc21. The Morgan fingerprint density at radius 2 is 2.24 bits per heavy atom. The normalized spacial score (nSPS) is 12.8. The van der Waals surface area contributed by atoms with Gasteiger partial charge in [0.1, 0.15) is 11.6 Å². The van der Waals surface area contributed by atoms with Crippen molar-refractivity contribution in [1.82, 2.24) is 14.5 Å². The van der Waals surface area contributed by atoms with Crippen molar-refractivity contribution < 1.29 is 4.39 Å². The van der Waals surface area contributed by atoms with Crippen molar-refractivity contribution in [2.24, 2.45) is 0 Å². The summed E-state index contributed by atoms with van der Waals surface area (Å²) >= 11 is 9.20. The Hall–Kier alpha value is -1.46. The lowest BCUT2D eigenvalue weighted by Gasteiger charge is -2.17. The summed E-state index contributed by atoms with van der Waals surface area (Å²) in [7, 11) is 0. The second kappa shape index (κ2) is 5.73. The molecule has 0 saturated carbocycles. The Labute approximate surface area is 134 Å². The zero-order valence-corrected chi connectivity index (χ0v) is 13.6. The van der Waals surface area contributed by atoms with E-state index in [-0.39, 0.29) is 17.7 Å². The van der Waals surface area contributed by atoms with Gasteiger partial charge in [0.25, 0.3) is 0 Å². The van der Waals surface area contributed by atoms with Crippen LogP contribution >= 0.6 is 27.5 Å². The van der Waals surface area contributed by atoms with Gasteiger partial charge in [-0.2, -0.15) is 0 Å². The number of pyridine rings is 1. The Morgan fingerprint density at radius 1 is 1.43 bits per heavy atom. The third-order valence-electron chi connectivity index (χ3n) is 3.48. The van der Waals surface area contributed by atoms with Crippen LogP contribution in [0.4, 0.5) is 4.39 Å². The highest BCUT2D eigenvalue weighted by Crippen LogP contribution is 2.29. The number of nitrogens with zero attached hydrogens (tertiary/aromatic N) is 3. The molecule has 1 atom stereocenters. The first-order valence-corrected chi connectivity index (χ1v) is 7.76. The first-order chi connectivity index (χ1) is 10.1. The van der Waals surface area contributed by atoms with E-state index in [9.17, 15) is 4.39 Å². The van der Waals surface area contributed by atoms with Crippen molar-refractivity contribution in [3.8, 4) is 0 Å². The number of halogens is 3. The molecule has 0 bridgehead atoms. The largest absolute Gasteiger partial charge is 0.319 e. The molecule has 2 heterocycles. The number of benzene rings is 1. The molecule has 2 aromatic heterocycles. The molecular formula is C15H12BrClFN3. The van der Waals surface area contributed by atoms with Crippen LogP contribution in [0.15, 0.2) is 41.1 Å². The molecule has 3 rings (SSSR count). The van der Waals surface area contributed by atoms with Gasteiger partial charge in [-0.25, -0.2) is 9.37 Å². The lowest BCUT2D eigenvalue weighted by atomic mass is 10.1. The van der Waals surface area contributed by atoms with Crippen molar-refractivity contribution >= 4 is 38.6 Å². The lowest BCUT2D eigenvalue weighted by Crippen LogP contribution is -2.10. The van der Waals surface area contributed by atoms with E-state index in [1.54, 1.807) is 18.5 Å². The van der Waals surface area contributed by atoms with Crippen LogP contribution in [0.2, 0.25) is 0 Å². The maximum Gasteiger partial charge on any atom is 0.139 e. The highest BCUT2D eigenvalue weighted by atomic mass is 79.9. The van der Waals surface area contributed by atoms with Gasteiger partial charge in [-0.3, -0.25) is 4.98 Å². The monoisotopic (exact) mass is 367 g/mol. The van der Waals surface area contributed by atoms with Gasteiger partial charge in [0, 0.05) is 18.5 Å². The number of alkyl halides is 1. The molecule has 3 aromatic rings. The zero-order chi connectivity index (χ0) is 15.0. The standard InChI is InChI=1S/C15H12BrClFN3/c1-9(10-3-2-4-19-8-10)21-14-6-12(18)11(16)5-13(14)20-15(21)7-17/h2-6,8-9H,7H2,1H3. The Kier molecular flexibility index (Phi) is 3.95. The molecule has 0 radical (unpaired) electrons. The van der Waals surface area contributed by atoms with E-state index in [2.05, 4.69) is 25.9 Å². The van der Waals surface area contributed by atoms with Gasteiger partial charge >= 0.3 is 0 Å². The Balaban J connectivity index is 2.23. The van der Waals surface area contributed by atoms with Gasteiger partial charge in [-0.15, -0.1) is 11.6 Å². The maximum absolute atomic E-state index is 13.9. The summed E-state index contributed by atoms with van der Waals surface area (Å²) in [4.78, 5) is 8.63. The molecule has 3 nitrogen and oxygen atoms in total. The Bertz CT molecular complexity index is 788. The van der Waals surface area contributed by atoms with Crippen LogP contribution < -0.4 is 0 Å². The average molecular weight is 369 g/mol. The van der Waals surface area contributed by atoms with Crippen LogP contribution in [-0.2, 0) is 5.88 Å².